The molecule has 0 aliphatic carbocycles. The van der Waals surface area contributed by atoms with E-state index < -0.39 is 0 Å². The average Bonchev–Trinajstić information content (AvgIpc) is 2.19. The number of likely N-dealkylation sites (N-methyl/N-ethyl adjacent to an activating group) is 1. The monoisotopic (exact) mass is 226 g/mol. The summed E-state index contributed by atoms with van der Waals surface area (Å²) in [5, 5.41) is 0. The Balaban J connectivity index is 2.61. The van der Waals surface area contributed by atoms with Gasteiger partial charge in [-0.2, -0.15) is 0 Å². The molecule has 4 heteroatoms. The van der Waals surface area contributed by atoms with Gasteiger partial charge in [-0.15, -0.1) is 0 Å². The maximum Gasteiger partial charge on any atom is 0.250 e. The average molecular weight is 226 g/mol. The second-order valence-corrected chi connectivity index (χ2v) is 4.36. The smallest absolute Gasteiger partial charge is 0.250 e. The van der Waals surface area contributed by atoms with Gasteiger partial charge in [0.15, 0.2) is 5.82 Å². The van der Waals surface area contributed by atoms with Crippen LogP contribution in [0.15, 0.2) is 12.3 Å². The Morgan fingerprint density at radius 1 is 1.44 bits per heavy atom. The van der Waals surface area contributed by atoms with Crippen molar-refractivity contribution in [2.75, 3.05) is 27.2 Å². The lowest BCUT2D eigenvalue weighted by atomic mass is 10.1. The van der Waals surface area contributed by atoms with Crippen molar-refractivity contribution in [1.82, 2.24) is 9.88 Å². The zero-order valence-electron chi connectivity index (χ0n) is 10.3. The summed E-state index contributed by atoms with van der Waals surface area (Å²) in [6, 6.07) is 1.49. The summed E-state index contributed by atoms with van der Waals surface area (Å²) in [4.78, 5) is 5.95. The molecule has 0 aromatic carbocycles. The highest BCUT2D eigenvalue weighted by atomic mass is 19.1. The first kappa shape index (κ1) is 12.9. The zero-order chi connectivity index (χ0) is 12.1. The van der Waals surface area contributed by atoms with Crippen LogP contribution in [0.4, 0.5) is 4.39 Å². The van der Waals surface area contributed by atoms with Crippen LogP contribution in [0.3, 0.4) is 0 Å². The van der Waals surface area contributed by atoms with Crippen LogP contribution < -0.4 is 4.74 Å². The quantitative estimate of drug-likeness (QED) is 0.770. The summed E-state index contributed by atoms with van der Waals surface area (Å²) >= 11 is 0. The van der Waals surface area contributed by atoms with Crippen LogP contribution in [0.1, 0.15) is 25.3 Å². The van der Waals surface area contributed by atoms with Gasteiger partial charge in [-0.1, -0.05) is 13.8 Å². The van der Waals surface area contributed by atoms with E-state index in [2.05, 4.69) is 4.98 Å². The molecule has 0 aliphatic rings. The molecule has 1 rings (SSSR count). The molecule has 0 aliphatic heterocycles. The van der Waals surface area contributed by atoms with Crippen molar-refractivity contribution in [1.29, 1.82) is 0 Å². The summed E-state index contributed by atoms with van der Waals surface area (Å²) < 4.78 is 18.8. The minimum Gasteiger partial charge on any atom is -0.474 e. The predicted octanol–water partition coefficient (Wildman–Crippen LogP) is 2.28. The lowest BCUT2D eigenvalue weighted by Gasteiger charge is -2.11. The van der Waals surface area contributed by atoms with Crippen LogP contribution in [-0.2, 0) is 0 Å². The number of pyridine rings is 1. The number of aromatic nitrogens is 1. The molecule has 3 nitrogen and oxygen atoms in total. The van der Waals surface area contributed by atoms with E-state index in [1.54, 1.807) is 6.20 Å². The van der Waals surface area contributed by atoms with E-state index in [9.17, 15) is 4.39 Å². The van der Waals surface area contributed by atoms with E-state index in [0.717, 1.165) is 12.1 Å². The number of hydrogen-bond acceptors (Lipinski definition) is 3. The molecule has 0 bridgehead atoms. The summed E-state index contributed by atoms with van der Waals surface area (Å²) in [6.45, 7) is 5.19. The Morgan fingerprint density at radius 3 is 2.62 bits per heavy atom. The van der Waals surface area contributed by atoms with Crippen molar-refractivity contribution < 1.29 is 9.13 Å². The second-order valence-electron chi connectivity index (χ2n) is 4.36. The van der Waals surface area contributed by atoms with Gasteiger partial charge in [-0.25, -0.2) is 9.37 Å². The summed E-state index contributed by atoms with van der Waals surface area (Å²) in [5.74, 6) is -0.0194. The van der Waals surface area contributed by atoms with Crippen LogP contribution >= 0.6 is 0 Å². The third-order valence-electron chi connectivity index (χ3n) is 2.27. The molecule has 90 valence electrons. The fourth-order valence-corrected chi connectivity index (χ4v) is 1.19. The summed E-state index contributed by atoms with van der Waals surface area (Å²) in [5.41, 5.74) is 0.887. The van der Waals surface area contributed by atoms with Crippen molar-refractivity contribution in [3.05, 3.63) is 23.6 Å². The van der Waals surface area contributed by atoms with Crippen molar-refractivity contribution in [3.63, 3.8) is 0 Å². The van der Waals surface area contributed by atoms with Crippen molar-refractivity contribution in [2.24, 2.45) is 0 Å². The maximum atomic E-state index is 13.5. The van der Waals surface area contributed by atoms with Gasteiger partial charge in [0.2, 0.25) is 5.88 Å². The molecule has 0 unspecified atom stereocenters. The molecule has 1 aromatic rings. The van der Waals surface area contributed by atoms with Crippen molar-refractivity contribution in [3.8, 4) is 5.88 Å². The van der Waals surface area contributed by atoms with Crippen LogP contribution in [0.25, 0.3) is 0 Å². The van der Waals surface area contributed by atoms with E-state index >= 15 is 0 Å². The normalized spacial score (nSPS) is 11.2. The summed E-state index contributed by atoms with van der Waals surface area (Å²) in [6.07, 6.45) is 1.67. The molecule has 0 radical (unpaired) electrons. The fraction of sp³-hybridized carbons (Fsp3) is 0.583. The second kappa shape index (κ2) is 5.80. The van der Waals surface area contributed by atoms with Gasteiger partial charge in [0, 0.05) is 12.7 Å². The molecule has 0 N–H and O–H groups in total. The first-order valence-corrected chi connectivity index (χ1v) is 5.43. The fourth-order valence-electron chi connectivity index (χ4n) is 1.19. The number of nitrogens with zero attached hydrogens (tertiary/aromatic N) is 2. The standard InChI is InChI=1S/C12H19FN2O/c1-9(2)10-7-11(13)12(14-8-10)16-6-5-15(3)4/h7-9H,5-6H2,1-4H3. The number of rotatable bonds is 5. The highest BCUT2D eigenvalue weighted by Crippen LogP contribution is 2.19. The Labute approximate surface area is 96.2 Å². The summed E-state index contributed by atoms with van der Waals surface area (Å²) in [7, 11) is 3.88. The zero-order valence-corrected chi connectivity index (χ0v) is 10.3. The third-order valence-corrected chi connectivity index (χ3v) is 2.27. The van der Waals surface area contributed by atoms with Gasteiger partial charge < -0.3 is 9.64 Å². The van der Waals surface area contributed by atoms with Gasteiger partial charge in [0.1, 0.15) is 6.61 Å². The number of halogens is 1. The van der Waals surface area contributed by atoms with Gasteiger partial charge in [0.25, 0.3) is 0 Å². The lowest BCUT2D eigenvalue weighted by molar-refractivity contribution is 0.243. The maximum absolute atomic E-state index is 13.5. The van der Waals surface area contributed by atoms with Gasteiger partial charge in [-0.05, 0) is 31.6 Å². The first-order chi connectivity index (χ1) is 7.50. The lowest BCUT2D eigenvalue weighted by Crippen LogP contribution is -2.20. The molecular weight excluding hydrogens is 207 g/mol. The molecule has 1 heterocycles. The minimum atomic E-state index is -0.384. The highest BCUT2D eigenvalue weighted by Gasteiger charge is 2.08. The Kier molecular flexibility index (Phi) is 4.68. The van der Waals surface area contributed by atoms with E-state index in [4.69, 9.17) is 4.74 Å². The molecule has 0 amide bonds. The Morgan fingerprint density at radius 2 is 2.12 bits per heavy atom. The molecule has 16 heavy (non-hydrogen) atoms. The van der Waals surface area contributed by atoms with E-state index in [-0.39, 0.29) is 17.6 Å². The largest absolute Gasteiger partial charge is 0.474 e. The van der Waals surface area contributed by atoms with Gasteiger partial charge in [0.05, 0.1) is 0 Å². The molecule has 0 fully saturated rings. The number of ether oxygens (including phenoxy) is 1. The van der Waals surface area contributed by atoms with E-state index in [0.29, 0.717) is 6.61 Å². The molecule has 1 aromatic heterocycles. The number of hydrogen-bond donors (Lipinski definition) is 0. The van der Waals surface area contributed by atoms with Crippen LogP contribution in [0.2, 0.25) is 0 Å². The van der Waals surface area contributed by atoms with Gasteiger partial charge in [-0.3, -0.25) is 0 Å². The molecular formula is C12H19FN2O. The molecule has 0 spiro atoms. The van der Waals surface area contributed by atoms with Crippen LogP contribution in [0, 0.1) is 5.82 Å². The molecule has 0 saturated heterocycles. The third kappa shape index (κ3) is 3.77. The minimum absolute atomic E-state index is 0.0891. The van der Waals surface area contributed by atoms with Crippen molar-refractivity contribution >= 4 is 0 Å². The SMILES string of the molecule is CC(C)c1cnc(OCCN(C)C)c(F)c1. The Hall–Kier alpha value is -1.16. The van der Waals surface area contributed by atoms with Gasteiger partial charge >= 0.3 is 0 Å². The predicted molar refractivity (Wildman–Crippen MR) is 62.3 cm³/mol. The molecule has 0 atom stereocenters. The highest BCUT2D eigenvalue weighted by molar-refractivity contribution is 5.22. The first-order valence-electron chi connectivity index (χ1n) is 5.43. The Bertz CT molecular complexity index is 340. The van der Waals surface area contributed by atoms with E-state index in [1.165, 1.54) is 6.07 Å². The topological polar surface area (TPSA) is 25.4 Å². The van der Waals surface area contributed by atoms with E-state index in [1.807, 2.05) is 32.8 Å². The van der Waals surface area contributed by atoms with Crippen molar-refractivity contribution in [2.45, 2.75) is 19.8 Å². The molecule has 0 saturated carbocycles. The van der Waals surface area contributed by atoms with Crippen LogP contribution in [0.5, 0.6) is 5.88 Å². The van der Waals surface area contributed by atoms with Crippen LogP contribution in [-0.4, -0.2) is 37.1 Å².